The van der Waals surface area contributed by atoms with Crippen LogP contribution in [0.4, 0.5) is 5.82 Å². The predicted octanol–water partition coefficient (Wildman–Crippen LogP) is 6.15. The molecule has 0 radical (unpaired) electrons. The second-order valence-corrected chi connectivity index (χ2v) is 13.2. The van der Waals surface area contributed by atoms with Gasteiger partial charge in [0, 0.05) is 24.8 Å². The number of imidazole rings is 1. The van der Waals surface area contributed by atoms with E-state index in [1.807, 2.05) is 0 Å². The number of aromatic nitrogens is 3. The van der Waals surface area contributed by atoms with Gasteiger partial charge in [0.25, 0.3) is 5.82 Å². The van der Waals surface area contributed by atoms with Crippen molar-refractivity contribution < 1.29 is 14.5 Å². The number of hydrogen-bond donors (Lipinski definition) is 2. The lowest BCUT2D eigenvalue weighted by molar-refractivity contribution is -0.356. The highest BCUT2D eigenvalue weighted by molar-refractivity contribution is 6.04. The highest BCUT2D eigenvalue weighted by Crippen LogP contribution is 2.26. The quantitative estimate of drug-likeness (QED) is 0.201. The SMILES string of the molecule is CCCCc1[nH]c2c(N)nc3cc(CCCCCN(C)CC(C)(C)COCC(C)(C)CC(C)=O)ccc3c2[nH+]1. The zero-order valence-corrected chi connectivity index (χ0v) is 25.5. The van der Waals surface area contributed by atoms with E-state index in [0.717, 1.165) is 73.0 Å². The largest absolute Gasteiger partial charge is 0.380 e. The van der Waals surface area contributed by atoms with E-state index in [0.29, 0.717) is 25.5 Å². The van der Waals surface area contributed by atoms with Crippen molar-refractivity contribution in [1.82, 2.24) is 14.9 Å². The van der Waals surface area contributed by atoms with Gasteiger partial charge in [-0.05, 0) is 69.3 Å². The van der Waals surface area contributed by atoms with E-state index in [4.69, 9.17) is 15.5 Å². The Hall–Kier alpha value is -2.51. The van der Waals surface area contributed by atoms with E-state index in [9.17, 15) is 4.79 Å². The molecule has 0 aliphatic carbocycles. The summed E-state index contributed by atoms with van der Waals surface area (Å²) in [5.41, 5.74) is 10.5. The molecule has 0 aliphatic heterocycles. The normalized spacial score (nSPS) is 12.7. The lowest BCUT2D eigenvalue weighted by atomic mass is 9.88. The average molecular weight is 539 g/mol. The number of anilines is 1. The fourth-order valence-electron chi connectivity index (χ4n) is 5.62. The minimum absolute atomic E-state index is 0.0695. The molecular weight excluding hydrogens is 486 g/mol. The highest BCUT2D eigenvalue weighted by Gasteiger charge is 2.25. The minimum atomic E-state index is -0.105. The number of H-pyrrole nitrogens is 2. The smallest absolute Gasteiger partial charge is 0.253 e. The van der Waals surface area contributed by atoms with Crippen molar-refractivity contribution in [2.45, 2.75) is 92.9 Å². The maximum Gasteiger partial charge on any atom is 0.253 e. The molecule has 0 fully saturated rings. The number of benzene rings is 1. The van der Waals surface area contributed by atoms with Gasteiger partial charge in [0.05, 0.1) is 24.1 Å². The number of hydrogen-bond acceptors (Lipinski definition) is 5. The summed E-state index contributed by atoms with van der Waals surface area (Å²) >= 11 is 0. The number of unbranched alkanes of at least 4 members (excludes halogenated alkanes) is 3. The molecule has 7 nitrogen and oxygen atoms in total. The average Bonchev–Trinajstić information content (AvgIpc) is 3.26. The van der Waals surface area contributed by atoms with Crippen LogP contribution in [0.5, 0.6) is 0 Å². The number of pyridine rings is 1. The monoisotopic (exact) mass is 538 g/mol. The molecule has 1 aromatic carbocycles. The second kappa shape index (κ2) is 13.7. The molecule has 0 unspecified atom stereocenters. The Labute approximate surface area is 235 Å². The molecule has 7 heteroatoms. The number of Topliss-reactive ketones (excluding diaryl/α,β-unsaturated/α-hetero) is 1. The maximum absolute atomic E-state index is 11.5. The molecule has 0 bridgehead atoms. The topological polar surface area (TPSA) is 98.4 Å². The molecule has 3 rings (SSSR count). The number of ketones is 1. The fourth-order valence-corrected chi connectivity index (χ4v) is 5.62. The standard InChI is InChI=1S/C32H51N5O2/c1-8-9-14-27-35-28-25-16-15-24(18-26(25)34-30(33)29(28)36-27)13-11-10-12-17-37(7)20-32(5,6)22-39-21-31(3,4)19-23(2)38/h15-16,18H,8-14,17,19-22H2,1-7H3,(H2,33,34)(H,35,36)/p+1. The van der Waals surface area contributed by atoms with Gasteiger partial charge in [0.15, 0.2) is 11.3 Å². The first-order valence-corrected chi connectivity index (χ1v) is 14.8. The molecular formula is C32H52N5O2+. The summed E-state index contributed by atoms with van der Waals surface area (Å²) in [6, 6.07) is 6.62. The summed E-state index contributed by atoms with van der Waals surface area (Å²) < 4.78 is 6.04. The van der Waals surface area contributed by atoms with Gasteiger partial charge in [-0.25, -0.2) is 15.0 Å². The molecule has 216 valence electrons. The molecule has 2 heterocycles. The molecule has 0 amide bonds. The lowest BCUT2D eigenvalue weighted by Gasteiger charge is -2.32. The Bertz CT molecular complexity index is 1230. The van der Waals surface area contributed by atoms with E-state index >= 15 is 0 Å². The van der Waals surface area contributed by atoms with Gasteiger partial charge in [-0.15, -0.1) is 0 Å². The van der Waals surface area contributed by atoms with Crippen molar-refractivity contribution in [2.75, 3.05) is 39.1 Å². The minimum Gasteiger partial charge on any atom is -0.380 e. The van der Waals surface area contributed by atoms with Crippen LogP contribution in [0.15, 0.2) is 18.2 Å². The van der Waals surface area contributed by atoms with Crippen LogP contribution < -0.4 is 10.7 Å². The van der Waals surface area contributed by atoms with E-state index in [1.165, 1.54) is 18.4 Å². The van der Waals surface area contributed by atoms with E-state index < -0.39 is 0 Å². The van der Waals surface area contributed by atoms with Crippen molar-refractivity contribution in [3.8, 4) is 0 Å². The molecule has 0 saturated heterocycles. The zero-order chi connectivity index (χ0) is 28.6. The van der Waals surface area contributed by atoms with Crippen molar-refractivity contribution in [1.29, 1.82) is 0 Å². The third-order valence-corrected chi connectivity index (χ3v) is 7.33. The van der Waals surface area contributed by atoms with Gasteiger partial charge >= 0.3 is 0 Å². The number of carbonyl (C=O) groups is 1. The van der Waals surface area contributed by atoms with Crippen LogP contribution in [0.3, 0.4) is 0 Å². The van der Waals surface area contributed by atoms with Crippen molar-refractivity contribution >= 4 is 33.5 Å². The maximum atomic E-state index is 11.5. The molecule has 39 heavy (non-hydrogen) atoms. The van der Waals surface area contributed by atoms with Crippen molar-refractivity contribution in [3.05, 3.63) is 29.6 Å². The van der Waals surface area contributed by atoms with E-state index in [2.05, 4.69) is 74.7 Å². The number of nitrogens with two attached hydrogens (primary N) is 1. The first kappa shape index (κ1) is 31.0. The van der Waals surface area contributed by atoms with Gasteiger partial charge in [-0.3, -0.25) is 0 Å². The van der Waals surface area contributed by atoms with Crippen LogP contribution >= 0.6 is 0 Å². The second-order valence-electron chi connectivity index (χ2n) is 13.2. The van der Waals surface area contributed by atoms with Gasteiger partial charge in [0.1, 0.15) is 5.78 Å². The number of aryl methyl sites for hydroxylation is 2. The molecule has 4 N–H and O–H groups in total. The van der Waals surface area contributed by atoms with Crippen LogP contribution in [-0.4, -0.2) is 54.0 Å². The van der Waals surface area contributed by atoms with Gasteiger partial charge in [-0.1, -0.05) is 53.5 Å². The molecule has 2 aromatic heterocycles. The number of rotatable bonds is 17. The third-order valence-electron chi connectivity index (χ3n) is 7.33. The predicted molar refractivity (Wildman–Crippen MR) is 162 cm³/mol. The number of nitrogens with zero attached hydrogens (tertiary/aromatic N) is 2. The van der Waals surface area contributed by atoms with Crippen LogP contribution in [0.2, 0.25) is 0 Å². The van der Waals surface area contributed by atoms with Gasteiger partial charge < -0.3 is 20.2 Å². The molecule has 0 saturated carbocycles. The lowest BCUT2D eigenvalue weighted by Crippen LogP contribution is -2.36. The van der Waals surface area contributed by atoms with Gasteiger partial charge in [-0.2, -0.15) is 0 Å². The first-order valence-electron chi connectivity index (χ1n) is 14.8. The number of aromatic amines is 2. The molecule has 0 atom stereocenters. The number of ether oxygens (including phenoxy) is 1. The number of nitrogen functional groups attached to an aromatic ring is 1. The Balaban J connectivity index is 1.43. The summed E-state index contributed by atoms with van der Waals surface area (Å²) in [5.74, 6) is 1.90. The summed E-state index contributed by atoms with van der Waals surface area (Å²) in [5, 5.41) is 1.12. The Morgan fingerprint density at radius 2 is 1.82 bits per heavy atom. The number of fused-ring (bicyclic) bond motifs is 3. The number of carbonyl (C=O) groups excluding carboxylic acids is 1. The van der Waals surface area contributed by atoms with Crippen molar-refractivity contribution in [3.63, 3.8) is 0 Å². The Morgan fingerprint density at radius 3 is 2.54 bits per heavy atom. The van der Waals surface area contributed by atoms with Crippen LogP contribution in [-0.2, 0) is 22.4 Å². The van der Waals surface area contributed by atoms with Crippen LogP contribution in [0, 0.1) is 10.8 Å². The van der Waals surface area contributed by atoms with E-state index in [1.54, 1.807) is 6.92 Å². The Morgan fingerprint density at radius 1 is 1.08 bits per heavy atom. The van der Waals surface area contributed by atoms with E-state index in [-0.39, 0.29) is 16.6 Å². The summed E-state index contributed by atoms with van der Waals surface area (Å²) in [6.07, 6.45) is 8.43. The number of nitrogens with one attached hydrogen (secondary N) is 2. The highest BCUT2D eigenvalue weighted by atomic mass is 16.5. The third kappa shape index (κ3) is 9.57. The molecule has 0 aliphatic rings. The van der Waals surface area contributed by atoms with Crippen LogP contribution in [0.25, 0.3) is 21.9 Å². The molecule has 0 spiro atoms. The fraction of sp³-hybridized carbons (Fsp3) is 0.656. The first-order chi connectivity index (χ1) is 18.4. The molecule has 3 aromatic rings. The van der Waals surface area contributed by atoms with Crippen molar-refractivity contribution in [2.24, 2.45) is 10.8 Å². The zero-order valence-electron chi connectivity index (χ0n) is 25.5. The summed E-state index contributed by atoms with van der Waals surface area (Å²) in [7, 11) is 2.20. The summed E-state index contributed by atoms with van der Waals surface area (Å²) in [6.45, 7) is 15.9. The Kier molecular flexibility index (Phi) is 10.9. The summed E-state index contributed by atoms with van der Waals surface area (Å²) in [4.78, 5) is 25.6. The van der Waals surface area contributed by atoms with Crippen LogP contribution in [0.1, 0.15) is 91.5 Å². The van der Waals surface area contributed by atoms with Gasteiger partial charge in [0.2, 0.25) is 5.52 Å².